The van der Waals surface area contributed by atoms with Crippen LogP contribution in [0.3, 0.4) is 0 Å². The molecular formula is C14H12Cl2N4S. The van der Waals surface area contributed by atoms with E-state index in [2.05, 4.69) is 28.3 Å². The van der Waals surface area contributed by atoms with E-state index in [0.717, 1.165) is 16.6 Å². The molecule has 108 valence electrons. The van der Waals surface area contributed by atoms with Gasteiger partial charge in [-0.15, -0.1) is 11.3 Å². The predicted molar refractivity (Wildman–Crippen MR) is 91.0 cm³/mol. The smallest absolute Gasteiger partial charge is 0.223 e. The Morgan fingerprint density at radius 3 is 2.62 bits per heavy atom. The van der Waals surface area contributed by atoms with E-state index in [0.29, 0.717) is 21.6 Å². The van der Waals surface area contributed by atoms with E-state index in [9.17, 15) is 0 Å². The van der Waals surface area contributed by atoms with Gasteiger partial charge in [-0.2, -0.15) is 4.98 Å². The lowest BCUT2D eigenvalue weighted by Gasteiger charge is -2.10. The van der Waals surface area contributed by atoms with Crippen molar-refractivity contribution in [1.82, 2.24) is 9.97 Å². The van der Waals surface area contributed by atoms with E-state index in [-0.39, 0.29) is 5.95 Å². The van der Waals surface area contributed by atoms with E-state index in [1.807, 2.05) is 0 Å². The lowest BCUT2D eigenvalue weighted by Crippen LogP contribution is -2.00. The number of thiophene rings is 1. The van der Waals surface area contributed by atoms with Gasteiger partial charge in [0.15, 0.2) is 0 Å². The summed E-state index contributed by atoms with van der Waals surface area (Å²) >= 11 is 14.0. The van der Waals surface area contributed by atoms with Crippen LogP contribution in [-0.4, -0.2) is 9.97 Å². The molecule has 0 saturated carbocycles. The number of nitrogens with one attached hydrogen (secondary N) is 1. The first-order valence-electron chi connectivity index (χ1n) is 6.35. The third-order valence-corrected chi connectivity index (χ3v) is 4.82. The minimum atomic E-state index is 0.220. The highest BCUT2D eigenvalue weighted by Gasteiger charge is 2.13. The summed E-state index contributed by atoms with van der Waals surface area (Å²) in [6.07, 6.45) is 0.938. The maximum absolute atomic E-state index is 6.18. The second-order valence-corrected chi connectivity index (χ2v) is 6.37. The quantitative estimate of drug-likeness (QED) is 0.713. The van der Waals surface area contributed by atoms with Gasteiger partial charge in [-0.05, 0) is 24.6 Å². The number of aryl methyl sites for hydroxylation is 1. The summed E-state index contributed by atoms with van der Waals surface area (Å²) in [5.74, 6) is 0.834. The molecule has 0 fully saturated rings. The SMILES string of the molecule is CCc1cc2c(Nc3c(Cl)cccc3Cl)nc(N)nc2s1. The third-order valence-electron chi connectivity index (χ3n) is 3.02. The molecule has 0 aliphatic rings. The van der Waals surface area contributed by atoms with Crippen molar-refractivity contribution in [2.75, 3.05) is 11.1 Å². The number of hydrogen-bond acceptors (Lipinski definition) is 5. The molecule has 0 unspecified atom stereocenters. The highest BCUT2D eigenvalue weighted by atomic mass is 35.5. The molecule has 0 radical (unpaired) electrons. The molecule has 0 spiro atoms. The zero-order chi connectivity index (χ0) is 15.0. The molecular weight excluding hydrogens is 327 g/mol. The number of fused-ring (bicyclic) bond motifs is 1. The minimum absolute atomic E-state index is 0.220. The maximum atomic E-state index is 6.18. The minimum Gasteiger partial charge on any atom is -0.368 e. The van der Waals surface area contributed by atoms with Gasteiger partial charge in [0, 0.05) is 4.88 Å². The molecule has 0 aliphatic heterocycles. The van der Waals surface area contributed by atoms with Crippen molar-refractivity contribution in [2.45, 2.75) is 13.3 Å². The van der Waals surface area contributed by atoms with Gasteiger partial charge in [0.2, 0.25) is 5.95 Å². The summed E-state index contributed by atoms with van der Waals surface area (Å²) in [6, 6.07) is 7.39. The molecule has 0 saturated heterocycles. The number of nitrogens with two attached hydrogens (primary N) is 1. The van der Waals surface area contributed by atoms with Gasteiger partial charge in [0.25, 0.3) is 0 Å². The van der Waals surface area contributed by atoms with E-state index in [4.69, 9.17) is 28.9 Å². The Kier molecular flexibility index (Phi) is 3.89. The van der Waals surface area contributed by atoms with E-state index in [1.165, 1.54) is 4.88 Å². The standard InChI is InChI=1S/C14H12Cl2N4S/c1-2-7-6-8-12(19-14(17)20-13(8)21-7)18-11-9(15)4-3-5-10(11)16/h3-6H,2H2,1H3,(H3,17,18,19,20). The maximum Gasteiger partial charge on any atom is 0.223 e. The Morgan fingerprint density at radius 2 is 1.95 bits per heavy atom. The molecule has 2 aromatic heterocycles. The number of halogens is 2. The number of aromatic nitrogens is 2. The van der Waals surface area contributed by atoms with Gasteiger partial charge in [0.1, 0.15) is 10.6 Å². The molecule has 3 aromatic rings. The molecule has 0 amide bonds. The topological polar surface area (TPSA) is 63.8 Å². The fraction of sp³-hybridized carbons (Fsp3) is 0.143. The van der Waals surface area contributed by atoms with Crippen LogP contribution in [0.2, 0.25) is 10.0 Å². The van der Waals surface area contributed by atoms with Crippen LogP contribution in [0.5, 0.6) is 0 Å². The summed E-state index contributed by atoms with van der Waals surface area (Å²) in [4.78, 5) is 10.6. The van der Waals surface area contributed by atoms with Gasteiger partial charge < -0.3 is 11.1 Å². The third kappa shape index (κ3) is 2.77. The van der Waals surface area contributed by atoms with Gasteiger partial charge in [-0.3, -0.25) is 0 Å². The van der Waals surface area contributed by atoms with E-state index >= 15 is 0 Å². The lowest BCUT2D eigenvalue weighted by molar-refractivity contribution is 1.19. The van der Waals surface area contributed by atoms with Crippen molar-refractivity contribution in [3.8, 4) is 0 Å². The Hall–Kier alpha value is -1.56. The van der Waals surface area contributed by atoms with Crippen LogP contribution in [-0.2, 0) is 6.42 Å². The van der Waals surface area contributed by atoms with Crippen LogP contribution in [0.15, 0.2) is 24.3 Å². The van der Waals surface area contributed by atoms with Crippen LogP contribution in [0.1, 0.15) is 11.8 Å². The molecule has 7 heteroatoms. The van der Waals surface area contributed by atoms with E-state index < -0.39 is 0 Å². The molecule has 0 bridgehead atoms. The van der Waals surface area contributed by atoms with Crippen LogP contribution in [0.4, 0.5) is 17.5 Å². The van der Waals surface area contributed by atoms with Crippen molar-refractivity contribution < 1.29 is 0 Å². The number of nitrogens with zero attached hydrogens (tertiary/aromatic N) is 2. The Bertz CT molecular complexity index is 796. The normalized spacial score (nSPS) is 11.0. The Balaban J connectivity index is 2.13. The molecule has 3 rings (SSSR count). The number of benzene rings is 1. The second-order valence-electron chi connectivity index (χ2n) is 4.44. The summed E-state index contributed by atoms with van der Waals surface area (Å²) < 4.78 is 0. The molecule has 2 heterocycles. The van der Waals surface area contributed by atoms with Crippen LogP contribution in [0, 0.1) is 0 Å². The number of hydrogen-bond donors (Lipinski definition) is 2. The van der Waals surface area contributed by atoms with Crippen molar-refractivity contribution in [3.05, 3.63) is 39.2 Å². The fourth-order valence-corrected chi connectivity index (χ4v) is 3.46. The first kappa shape index (κ1) is 14.4. The lowest BCUT2D eigenvalue weighted by atomic mass is 10.2. The van der Waals surface area contributed by atoms with Crippen molar-refractivity contribution in [1.29, 1.82) is 0 Å². The molecule has 21 heavy (non-hydrogen) atoms. The Morgan fingerprint density at radius 1 is 1.24 bits per heavy atom. The first-order valence-corrected chi connectivity index (χ1v) is 7.92. The zero-order valence-electron chi connectivity index (χ0n) is 11.2. The van der Waals surface area contributed by atoms with Crippen molar-refractivity contribution in [3.63, 3.8) is 0 Å². The van der Waals surface area contributed by atoms with Gasteiger partial charge in [0.05, 0.1) is 21.1 Å². The molecule has 0 atom stereocenters. The van der Waals surface area contributed by atoms with Crippen molar-refractivity contribution in [2.24, 2.45) is 0 Å². The number of nitrogen functional groups attached to an aromatic ring is 1. The first-order chi connectivity index (χ1) is 10.1. The van der Waals surface area contributed by atoms with Gasteiger partial charge >= 0.3 is 0 Å². The van der Waals surface area contributed by atoms with Crippen LogP contribution in [0.25, 0.3) is 10.2 Å². The molecule has 3 N–H and O–H groups in total. The predicted octanol–water partition coefficient (Wildman–Crippen LogP) is 4.89. The number of anilines is 3. The van der Waals surface area contributed by atoms with E-state index in [1.54, 1.807) is 29.5 Å². The molecule has 4 nitrogen and oxygen atoms in total. The van der Waals surface area contributed by atoms with Crippen LogP contribution < -0.4 is 11.1 Å². The summed E-state index contributed by atoms with van der Waals surface area (Å²) in [7, 11) is 0. The largest absolute Gasteiger partial charge is 0.368 e. The monoisotopic (exact) mass is 338 g/mol. The van der Waals surface area contributed by atoms with Gasteiger partial charge in [-0.1, -0.05) is 36.2 Å². The average molecular weight is 339 g/mol. The van der Waals surface area contributed by atoms with Crippen molar-refractivity contribution >= 4 is 62.2 Å². The summed E-state index contributed by atoms with van der Waals surface area (Å²) in [5.41, 5.74) is 6.40. The number of rotatable bonds is 3. The highest BCUT2D eigenvalue weighted by Crippen LogP contribution is 2.36. The zero-order valence-corrected chi connectivity index (χ0v) is 13.5. The average Bonchev–Trinajstić information content (AvgIpc) is 2.86. The number of para-hydroxylation sites is 1. The second kappa shape index (κ2) is 5.67. The molecule has 1 aromatic carbocycles. The summed E-state index contributed by atoms with van der Waals surface area (Å²) in [5, 5.41) is 5.15. The highest BCUT2D eigenvalue weighted by molar-refractivity contribution is 7.18. The Labute approximate surface area is 135 Å². The summed E-state index contributed by atoms with van der Waals surface area (Å²) in [6.45, 7) is 2.10. The molecule has 0 aliphatic carbocycles. The van der Waals surface area contributed by atoms with Gasteiger partial charge in [-0.25, -0.2) is 4.98 Å². The fourth-order valence-electron chi connectivity index (χ4n) is 1.99. The van der Waals surface area contributed by atoms with Crippen LogP contribution >= 0.6 is 34.5 Å².